The number of carbonyl (C=O) groups is 3. The zero-order valence-electron chi connectivity index (χ0n) is 13.0. The van der Waals surface area contributed by atoms with Crippen LogP contribution in [-0.4, -0.2) is 37.4 Å². The number of carbonyl (C=O) groups excluding carboxylic acids is 3. The number of hydrogen-bond donors (Lipinski definition) is 2. The number of nitrogens with zero attached hydrogens (tertiary/aromatic N) is 1. The second kappa shape index (κ2) is 6.91. The van der Waals surface area contributed by atoms with E-state index in [2.05, 4.69) is 10.6 Å². The summed E-state index contributed by atoms with van der Waals surface area (Å²) in [6.07, 6.45) is 2.96. The Morgan fingerprint density at radius 2 is 1.83 bits per heavy atom. The van der Waals surface area contributed by atoms with Crippen molar-refractivity contribution in [2.24, 2.45) is 5.92 Å². The van der Waals surface area contributed by atoms with Gasteiger partial charge < -0.3 is 10.2 Å². The van der Waals surface area contributed by atoms with E-state index >= 15 is 0 Å². The normalized spacial score (nSPS) is 19.0. The molecule has 2 N–H and O–H groups in total. The molecular weight excluding hydrogens is 294 g/mol. The third-order valence-corrected chi connectivity index (χ3v) is 4.46. The Labute approximate surface area is 135 Å². The molecule has 0 aliphatic carbocycles. The van der Waals surface area contributed by atoms with E-state index in [0.29, 0.717) is 12.0 Å². The Morgan fingerprint density at radius 1 is 1.13 bits per heavy atom. The fourth-order valence-corrected chi connectivity index (χ4v) is 3.08. The Morgan fingerprint density at radius 3 is 2.43 bits per heavy atom. The summed E-state index contributed by atoms with van der Waals surface area (Å²) >= 11 is 0. The van der Waals surface area contributed by atoms with E-state index in [-0.39, 0.29) is 23.6 Å². The molecule has 0 unspecified atom stereocenters. The quantitative estimate of drug-likeness (QED) is 0.818. The van der Waals surface area contributed by atoms with Crippen molar-refractivity contribution in [3.05, 3.63) is 29.8 Å². The molecule has 1 aromatic rings. The van der Waals surface area contributed by atoms with Gasteiger partial charge in [-0.15, -0.1) is 0 Å². The molecule has 6 heteroatoms. The molecule has 122 valence electrons. The fraction of sp³-hybridized carbons (Fsp3) is 0.471. The van der Waals surface area contributed by atoms with Crippen molar-refractivity contribution in [2.75, 3.05) is 24.5 Å². The summed E-state index contributed by atoms with van der Waals surface area (Å²) in [6.45, 7) is 2.34. The number of imide groups is 1. The topological polar surface area (TPSA) is 78.5 Å². The number of nitrogens with one attached hydrogen (secondary N) is 2. The van der Waals surface area contributed by atoms with Gasteiger partial charge in [0.1, 0.15) is 0 Å². The first-order chi connectivity index (χ1) is 11.1. The Bertz CT molecular complexity index is 606. The first kappa shape index (κ1) is 15.7. The van der Waals surface area contributed by atoms with Crippen molar-refractivity contribution in [3.63, 3.8) is 0 Å². The van der Waals surface area contributed by atoms with Gasteiger partial charge in [-0.3, -0.25) is 19.7 Å². The van der Waals surface area contributed by atoms with Crippen LogP contribution in [-0.2, 0) is 9.59 Å². The largest absolute Gasteiger partial charge is 0.317 e. The third-order valence-electron chi connectivity index (χ3n) is 4.46. The maximum atomic E-state index is 12.2. The summed E-state index contributed by atoms with van der Waals surface area (Å²) in [4.78, 5) is 37.7. The molecule has 1 aromatic carbocycles. The van der Waals surface area contributed by atoms with Gasteiger partial charge in [-0.1, -0.05) is 0 Å². The van der Waals surface area contributed by atoms with Gasteiger partial charge in [0.15, 0.2) is 0 Å². The van der Waals surface area contributed by atoms with Crippen LogP contribution in [0.5, 0.6) is 0 Å². The molecule has 3 rings (SSSR count). The molecule has 3 amide bonds. The number of hydrogen-bond acceptors (Lipinski definition) is 4. The van der Waals surface area contributed by atoms with E-state index in [1.54, 1.807) is 29.2 Å². The maximum Gasteiger partial charge on any atom is 0.257 e. The van der Waals surface area contributed by atoms with Crippen LogP contribution >= 0.6 is 0 Å². The summed E-state index contributed by atoms with van der Waals surface area (Å²) in [6, 6.07) is 6.83. The van der Waals surface area contributed by atoms with Gasteiger partial charge in [0.25, 0.3) is 5.91 Å². The maximum absolute atomic E-state index is 12.2. The molecule has 2 aliphatic heterocycles. The minimum atomic E-state index is -0.382. The molecule has 6 nitrogen and oxygen atoms in total. The molecule has 2 heterocycles. The van der Waals surface area contributed by atoms with Crippen LogP contribution in [0.25, 0.3) is 0 Å². The van der Waals surface area contributed by atoms with Crippen LogP contribution in [0.15, 0.2) is 24.3 Å². The van der Waals surface area contributed by atoms with Crippen LogP contribution in [0.4, 0.5) is 5.69 Å². The van der Waals surface area contributed by atoms with E-state index < -0.39 is 0 Å². The van der Waals surface area contributed by atoms with Crippen molar-refractivity contribution in [2.45, 2.75) is 25.7 Å². The Balaban J connectivity index is 1.61. The highest BCUT2D eigenvalue weighted by molar-refractivity contribution is 6.05. The van der Waals surface area contributed by atoms with Gasteiger partial charge in [-0.25, -0.2) is 0 Å². The van der Waals surface area contributed by atoms with Gasteiger partial charge in [0.05, 0.1) is 0 Å². The van der Waals surface area contributed by atoms with Crippen molar-refractivity contribution in [1.29, 1.82) is 0 Å². The summed E-state index contributed by atoms with van der Waals surface area (Å²) in [7, 11) is 0. The van der Waals surface area contributed by atoms with Crippen molar-refractivity contribution in [1.82, 2.24) is 10.6 Å². The average Bonchev–Trinajstić information content (AvgIpc) is 3.02. The summed E-state index contributed by atoms with van der Waals surface area (Å²) in [5.74, 6) is -0.562. The van der Waals surface area contributed by atoms with Gasteiger partial charge in [0.2, 0.25) is 11.8 Å². The third kappa shape index (κ3) is 3.59. The molecular formula is C17H21N3O3. The van der Waals surface area contributed by atoms with Gasteiger partial charge >= 0.3 is 0 Å². The fourth-order valence-electron chi connectivity index (χ4n) is 3.08. The summed E-state index contributed by atoms with van der Waals surface area (Å²) < 4.78 is 0. The van der Waals surface area contributed by atoms with Crippen molar-refractivity contribution < 1.29 is 14.4 Å². The van der Waals surface area contributed by atoms with Crippen LogP contribution < -0.4 is 15.5 Å². The van der Waals surface area contributed by atoms with Crippen molar-refractivity contribution >= 4 is 23.4 Å². The number of piperidine rings is 1. The number of rotatable bonds is 3. The first-order valence-electron chi connectivity index (χ1n) is 8.11. The summed E-state index contributed by atoms with van der Waals surface area (Å²) in [5, 5.41) is 5.67. The van der Waals surface area contributed by atoms with Crippen LogP contribution in [0.2, 0.25) is 0 Å². The highest BCUT2D eigenvalue weighted by atomic mass is 16.2. The molecule has 2 saturated heterocycles. The minimum absolute atomic E-state index is 0.0957. The van der Waals surface area contributed by atoms with Crippen LogP contribution in [0.3, 0.4) is 0 Å². The average molecular weight is 315 g/mol. The minimum Gasteiger partial charge on any atom is -0.317 e. The van der Waals surface area contributed by atoms with Gasteiger partial charge in [0, 0.05) is 30.1 Å². The molecule has 0 spiro atoms. The van der Waals surface area contributed by atoms with Gasteiger partial charge in [-0.05, 0) is 56.6 Å². The lowest BCUT2D eigenvalue weighted by molar-refractivity contribution is -0.124. The Hall–Kier alpha value is -2.21. The van der Waals surface area contributed by atoms with Crippen LogP contribution in [0.1, 0.15) is 36.0 Å². The molecule has 0 radical (unpaired) electrons. The zero-order valence-corrected chi connectivity index (χ0v) is 13.0. The number of amides is 3. The SMILES string of the molecule is O=C(NC(=O)C1CCNCC1)c1ccc(N2CCCC2=O)cc1. The monoisotopic (exact) mass is 315 g/mol. The van der Waals surface area contributed by atoms with E-state index in [9.17, 15) is 14.4 Å². The zero-order chi connectivity index (χ0) is 16.2. The molecule has 0 saturated carbocycles. The smallest absolute Gasteiger partial charge is 0.257 e. The first-order valence-corrected chi connectivity index (χ1v) is 8.11. The molecule has 0 aromatic heterocycles. The highest BCUT2D eigenvalue weighted by Crippen LogP contribution is 2.21. The predicted octanol–water partition coefficient (Wildman–Crippen LogP) is 1.07. The molecule has 23 heavy (non-hydrogen) atoms. The van der Waals surface area contributed by atoms with E-state index in [4.69, 9.17) is 0 Å². The van der Waals surface area contributed by atoms with E-state index in [1.165, 1.54) is 0 Å². The van der Waals surface area contributed by atoms with Crippen LogP contribution in [0, 0.1) is 5.92 Å². The predicted molar refractivity (Wildman–Crippen MR) is 86.1 cm³/mol. The lowest BCUT2D eigenvalue weighted by Gasteiger charge is -2.21. The second-order valence-electron chi connectivity index (χ2n) is 6.04. The van der Waals surface area contributed by atoms with E-state index in [1.807, 2.05) is 0 Å². The van der Waals surface area contributed by atoms with Crippen molar-refractivity contribution in [3.8, 4) is 0 Å². The Kier molecular flexibility index (Phi) is 4.71. The standard InChI is InChI=1S/C17H21N3O3/c21-15-2-1-11-20(15)14-5-3-12(4-6-14)16(22)19-17(23)13-7-9-18-10-8-13/h3-6,13,18H,1-2,7-11H2,(H,19,22,23). The number of anilines is 1. The lowest BCUT2D eigenvalue weighted by Crippen LogP contribution is -2.40. The summed E-state index contributed by atoms with van der Waals surface area (Å²) in [5.41, 5.74) is 1.23. The second-order valence-corrected chi connectivity index (χ2v) is 6.04. The lowest BCUT2D eigenvalue weighted by atomic mass is 9.97. The van der Waals surface area contributed by atoms with E-state index in [0.717, 1.165) is 44.6 Å². The molecule has 2 aliphatic rings. The molecule has 0 bridgehead atoms. The molecule has 2 fully saturated rings. The van der Waals surface area contributed by atoms with Gasteiger partial charge in [-0.2, -0.15) is 0 Å². The number of benzene rings is 1. The molecule has 0 atom stereocenters. The highest BCUT2D eigenvalue weighted by Gasteiger charge is 2.24.